The molecule has 1 saturated carbocycles. The summed E-state index contributed by atoms with van der Waals surface area (Å²) in [5, 5.41) is 0.493. The Kier molecular flexibility index (Phi) is 7.96. The third kappa shape index (κ3) is 5.73. The Morgan fingerprint density at radius 1 is 1.00 bits per heavy atom. The number of carbonyl (C=O) groups excluding carboxylic acids is 2. The summed E-state index contributed by atoms with van der Waals surface area (Å²) >= 11 is 1.35. The first-order valence-corrected chi connectivity index (χ1v) is 12.7. The van der Waals surface area contributed by atoms with E-state index in [0.717, 1.165) is 47.4 Å². The number of alkyl halides is 3. The number of carbonyl (C=O) groups is 2. The van der Waals surface area contributed by atoms with Crippen LogP contribution in [0.5, 0.6) is 0 Å². The van der Waals surface area contributed by atoms with Crippen LogP contribution in [0.15, 0.2) is 35.5 Å². The molecule has 0 saturated heterocycles. The molecule has 0 bridgehead atoms. The van der Waals surface area contributed by atoms with Crippen molar-refractivity contribution in [2.45, 2.75) is 77.4 Å². The van der Waals surface area contributed by atoms with Crippen LogP contribution in [0.25, 0.3) is 0 Å². The van der Waals surface area contributed by atoms with Crippen molar-refractivity contribution in [3.05, 3.63) is 58.3 Å². The maximum Gasteiger partial charge on any atom is 0.417 e. The maximum atomic E-state index is 13.3. The van der Waals surface area contributed by atoms with Crippen molar-refractivity contribution in [1.29, 1.82) is 0 Å². The molecule has 184 valence electrons. The summed E-state index contributed by atoms with van der Waals surface area (Å²) < 4.78 is 38.3. The fourth-order valence-corrected chi connectivity index (χ4v) is 5.81. The third-order valence-electron chi connectivity index (χ3n) is 6.85. The standard InChI is InChI=1S/C27H32F3NO2S/c1-6-17-10-16(3)11-18(7-2)24(17)25-21(32)12-20(13-22(25)33)26(4,5)15-34-23-9-8-19(14-31-23)27(28,29)30/h8-11,14,20,25H,6-7,12-13,15H2,1-5H3. The molecule has 0 radical (unpaired) electrons. The minimum absolute atomic E-state index is 0.0276. The summed E-state index contributed by atoms with van der Waals surface area (Å²) in [6.07, 6.45) is -1.39. The molecule has 0 unspecified atom stereocenters. The second kappa shape index (κ2) is 10.2. The van der Waals surface area contributed by atoms with Gasteiger partial charge in [-0.25, -0.2) is 4.98 Å². The van der Waals surface area contributed by atoms with Gasteiger partial charge in [0.1, 0.15) is 17.5 Å². The van der Waals surface area contributed by atoms with E-state index in [1.165, 1.54) is 17.8 Å². The summed E-state index contributed by atoms with van der Waals surface area (Å²) in [5.74, 6) is -0.319. The Labute approximate surface area is 203 Å². The van der Waals surface area contributed by atoms with E-state index in [2.05, 4.69) is 17.1 Å². The maximum absolute atomic E-state index is 13.3. The highest BCUT2D eigenvalue weighted by Crippen LogP contribution is 2.44. The highest BCUT2D eigenvalue weighted by molar-refractivity contribution is 7.99. The van der Waals surface area contributed by atoms with Gasteiger partial charge in [0.15, 0.2) is 0 Å². The molecule has 3 rings (SSSR count). The van der Waals surface area contributed by atoms with E-state index in [-0.39, 0.29) is 22.9 Å². The Morgan fingerprint density at radius 3 is 2.00 bits per heavy atom. The molecule has 1 fully saturated rings. The van der Waals surface area contributed by atoms with Crippen LogP contribution in [0.1, 0.15) is 74.3 Å². The third-order valence-corrected chi connectivity index (χ3v) is 8.27. The lowest BCUT2D eigenvalue weighted by molar-refractivity contribution is -0.138. The monoisotopic (exact) mass is 491 g/mol. The molecule has 0 aliphatic heterocycles. The Morgan fingerprint density at radius 2 is 1.56 bits per heavy atom. The molecule has 34 heavy (non-hydrogen) atoms. The Bertz CT molecular complexity index is 1020. The van der Waals surface area contributed by atoms with E-state index < -0.39 is 17.7 Å². The van der Waals surface area contributed by atoms with Gasteiger partial charge in [-0.15, -0.1) is 11.8 Å². The average Bonchev–Trinajstić information content (AvgIpc) is 2.77. The van der Waals surface area contributed by atoms with Gasteiger partial charge in [0.25, 0.3) is 0 Å². The lowest BCUT2D eigenvalue weighted by Crippen LogP contribution is -2.39. The molecule has 1 aliphatic rings. The van der Waals surface area contributed by atoms with E-state index in [4.69, 9.17) is 0 Å². The van der Waals surface area contributed by atoms with Crippen LogP contribution >= 0.6 is 11.8 Å². The number of aromatic nitrogens is 1. The predicted octanol–water partition coefficient (Wildman–Crippen LogP) is 6.98. The zero-order valence-corrected chi connectivity index (χ0v) is 21.2. The summed E-state index contributed by atoms with van der Waals surface area (Å²) in [6.45, 7) is 10.2. The van der Waals surface area contributed by atoms with Crippen LogP contribution in [-0.4, -0.2) is 22.3 Å². The van der Waals surface area contributed by atoms with Gasteiger partial charge in [-0.1, -0.05) is 45.4 Å². The number of Topliss-reactive ketones (excluding diaryl/α,β-unsaturated/α-hetero) is 2. The number of hydrogen-bond acceptors (Lipinski definition) is 4. The molecule has 0 spiro atoms. The number of nitrogens with zero attached hydrogens (tertiary/aromatic N) is 1. The number of pyridine rings is 1. The van der Waals surface area contributed by atoms with Gasteiger partial charge >= 0.3 is 6.18 Å². The van der Waals surface area contributed by atoms with Gasteiger partial charge < -0.3 is 0 Å². The minimum atomic E-state index is -4.42. The first kappa shape index (κ1) is 26.5. The number of ketones is 2. The molecule has 1 aromatic heterocycles. The Hall–Kier alpha value is -2.15. The first-order chi connectivity index (χ1) is 15.9. The van der Waals surface area contributed by atoms with E-state index in [9.17, 15) is 22.8 Å². The van der Waals surface area contributed by atoms with Gasteiger partial charge in [-0.3, -0.25) is 9.59 Å². The molecule has 0 amide bonds. The highest BCUT2D eigenvalue weighted by Gasteiger charge is 2.43. The second-order valence-electron chi connectivity index (χ2n) is 9.83. The quantitative estimate of drug-likeness (QED) is 0.310. The van der Waals surface area contributed by atoms with Crippen LogP contribution in [0.2, 0.25) is 0 Å². The zero-order valence-electron chi connectivity index (χ0n) is 20.4. The number of hydrogen-bond donors (Lipinski definition) is 0. The number of aryl methyl sites for hydroxylation is 3. The van der Waals surface area contributed by atoms with E-state index in [1.807, 2.05) is 34.6 Å². The van der Waals surface area contributed by atoms with Crippen molar-refractivity contribution in [2.75, 3.05) is 5.75 Å². The molecule has 1 aromatic carbocycles. The fraction of sp³-hybridized carbons (Fsp3) is 0.519. The van der Waals surface area contributed by atoms with Gasteiger partial charge in [-0.05, 0) is 59.9 Å². The molecule has 0 N–H and O–H groups in total. The smallest absolute Gasteiger partial charge is 0.299 e. The summed E-state index contributed by atoms with van der Waals surface area (Å²) in [5.41, 5.74) is 3.06. The van der Waals surface area contributed by atoms with Crippen LogP contribution in [0, 0.1) is 18.3 Å². The lowest BCUT2D eigenvalue weighted by Gasteiger charge is -2.38. The normalized spacial score (nSPS) is 19.5. The largest absolute Gasteiger partial charge is 0.417 e. The van der Waals surface area contributed by atoms with Gasteiger partial charge in [0.2, 0.25) is 0 Å². The minimum Gasteiger partial charge on any atom is -0.299 e. The molecule has 2 aromatic rings. The SMILES string of the molecule is CCc1cc(C)cc(CC)c1C1C(=O)CC(C(C)(C)CSc2ccc(C(F)(F)F)cn2)CC1=O. The van der Waals surface area contributed by atoms with Gasteiger partial charge in [0, 0.05) is 24.8 Å². The molecule has 7 heteroatoms. The van der Waals surface area contributed by atoms with Crippen molar-refractivity contribution in [1.82, 2.24) is 4.98 Å². The van der Waals surface area contributed by atoms with Crippen LogP contribution in [0.4, 0.5) is 13.2 Å². The Balaban J connectivity index is 1.75. The van der Waals surface area contributed by atoms with Crippen LogP contribution in [-0.2, 0) is 28.6 Å². The first-order valence-electron chi connectivity index (χ1n) is 11.7. The molecule has 1 aliphatic carbocycles. The van der Waals surface area contributed by atoms with Gasteiger partial charge in [0.05, 0.1) is 10.6 Å². The number of benzene rings is 1. The highest BCUT2D eigenvalue weighted by atomic mass is 32.2. The average molecular weight is 492 g/mol. The molecular weight excluding hydrogens is 459 g/mol. The van der Waals surface area contributed by atoms with Crippen LogP contribution in [0.3, 0.4) is 0 Å². The summed E-state index contributed by atoms with van der Waals surface area (Å²) in [6, 6.07) is 6.56. The fourth-order valence-electron chi connectivity index (χ4n) is 4.77. The van der Waals surface area contributed by atoms with Crippen molar-refractivity contribution >= 4 is 23.3 Å². The lowest BCUT2D eigenvalue weighted by atomic mass is 9.66. The van der Waals surface area contributed by atoms with E-state index >= 15 is 0 Å². The summed E-state index contributed by atoms with van der Waals surface area (Å²) in [4.78, 5) is 30.6. The molecule has 1 heterocycles. The summed E-state index contributed by atoms with van der Waals surface area (Å²) in [7, 11) is 0. The van der Waals surface area contributed by atoms with Crippen LogP contribution < -0.4 is 0 Å². The van der Waals surface area contributed by atoms with Crippen molar-refractivity contribution < 1.29 is 22.8 Å². The number of rotatable bonds is 7. The zero-order chi connectivity index (χ0) is 25.3. The van der Waals surface area contributed by atoms with Crippen molar-refractivity contribution in [3.63, 3.8) is 0 Å². The molecule has 3 nitrogen and oxygen atoms in total. The van der Waals surface area contributed by atoms with E-state index in [1.54, 1.807) is 0 Å². The number of thioether (sulfide) groups is 1. The number of halogens is 3. The molecule has 0 atom stereocenters. The van der Waals surface area contributed by atoms with Crippen molar-refractivity contribution in [2.24, 2.45) is 11.3 Å². The second-order valence-corrected chi connectivity index (χ2v) is 10.8. The van der Waals surface area contributed by atoms with Gasteiger partial charge in [-0.2, -0.15) is 13.2 Å². The predicted molar refractivity (Wildman–Crippen MR) is 129 cm³/mol. The van der Waals surface area contributed by atoms with Crippen molar-refractivity contribution in [3.8, 4) is 0 Å². The topological polar surface area (TPSA) is 47.0 Å². The van der Waals surface area contributed by atoms with E-state index in [0.29, 0.717) is 23.6 Å². The molecular formula is C27H32F3NO2S.